The summed E-state index contributed by atoms with van der Waals surface area (Å²) in [6.45, 7) is 5.57. The van der Waals surface area contributed by atoms with E-state index >= 15 is 0 Å². The Kier molecular flexibility index (Phi) is 5.94. The summed E-state index contributed by atoms with van der Waals surface area (Å²) in [5.41, 5.74) is -0.830. The van der Waals surface area contributed by atoms with E-state index in [0.29, 0.717) is 18.9 Å². The van der Waals surface area contributed by atoms with Crippen molar-refractivity contribution in [2.45, 2.75) is 70.4 Å². The molecule has 0 aromatic carbocycles. The lowest BCUT2D eigenvalue weighted by molar-refractivity contribution is -0.138. The molecule has 0 unspecified atom stereocenters. The van der Waals surface area contributed by atoms with Crippen molar-refractivity contribution in [2.24, 2.45) is 0 Å². The molecule has 1 aliphatic heterocycles. The Morgan fingerprint density at radius 3 is 2.41 bits per heavy atom. The minimum atomic E-state index is -0.830. The number of carbonyl (C=O) groups excluding carboxylic acids is 1. The molecule has 0 spiro atoms. The van der Waals surface area contributed by atoms with Crippen LogP contribution < -0.4 is 0 Å². The molecule has 0 bridgehead atoms. The smallest absolute Gasteiger partial charge is 0.225 e. The second-order valence-corrected chi connectivity index (χ2v) is 6.39. The van der Waals surface area contributed by atoms with E-state index in [1.807, 2.05) is 9.58 Å². The third-order valence-corrected chi connectivity index (χ3v) is 4.54. The molecule has 0 radical (unpaired) electrons. The van der Waals surface area contributed by atoms with Gasteiger partial charge in [0.25, 0.3) is 0 Å². The molecule has 1 amide bonds. The van der Waals surface area contributed by atoms with E-state index in [1.165, 1.54) is 0 Å². The normalized spacial score (nSPS) is 17.0. The Morgan fingerprint density at radius 1 is 1.27 bits per heavy atom. The summed E-state index contributed by atoms with van der Waals surface area (Å²) in [6.07, 6.45) is 8.53. The third kappa shape index (κ3) is 4.29. The van der Waals surface area contributed by atoms with Crippen LogP contribution in [0.15, 0.2) is 12.7 Å². The van der Waals surface area contributed by atoms with Gasteiger partial charge in [-0.1, -0.05) is 26.7 Å². The van der Waals surface area contributed by atoms with Gasteiger partial charge >= 0.3 is 0 Å². The van der Waals surface area contributed by atoms with Crippen molar-refractivity contribution in [1.82, 2.24) is 19.7 Å². The SMILES string of the molecule is CCCC(O)(CCC)CC(=O)N1CCC(n2cncn2)CC1. The number of rotatable bonds is 7. The molecule has 0 aliphatic carbocycles. The molecule has 1 N–H and O–H groups in total. The lowest BCUT2D eigenvalue weighted by Gasteiger charge is -2.35. The first kappa shape index (κ1) is 16.9. The van der Waals surface area contributed by atoms with Crippen molar-refractivity contribution < 1.29 is 9.90 Å². The summed E-state index contributed by atoms with van der Waals surface area (Å²) in [7, 11) is 0. The summed E-state index contributed by atoms with van der Waals surface area (Å²) >= 11 is 0. The molecule has 6 nitrogen and oxygen atoms in total. The van der Waals surface area contributed by atoms with Gasteiger partial charge in [0, 0.05) is 13.1 Å². The average molecular weight is 308 g/mol. The number of nitrogens with zero attached hydrogens (tertiary/aromatic N) is 4. The molecular weight excluding hydrogens is 280 g/mol. The number of likely N-dealkylation sites (tertiary alicyclic amines) is 1. The number of hydrogen-bond acceptors (Lipinski definition) is 4. The highest BCUT2D eigenvalue weighted by molar-refractivity contribution is 5.77. The van der Waals surface area contributed by atoms with Gasteiger partial charge in [0.05, 0.1) is 18.1 Å². The van der Waals surface area contributed by atoms with Crippen LogP contribution in [0.25, 0.3) is 0 Å². The summed E-state index contributed by atoms with van der Waals surface area (Å²) in [5, 5.41) is 14.8. The number of piperidine rings is 1. The lowest BCUT2D eigenvalue weighted by Crippen LogP contribution is -2.43. The van der Waals surface area contributed by atoms with Crippen LogP contribution in [0, 0.1) is 0 Å². The molecular formula is C16H28N4O2. The van der Waals surface area contributed by atoms with E-state index in [9.17, 15) is 9.90 Å². The van der Waals surface area contributed by atoms with Crippen LogP contribution in [-0.4, -0.2) is 49.4 Å². The molecule has 1 aliphatic rings. The van der Waals surface area contributed by atoms with Crippen LogP contribution in [-0.2, 0) is 4.79 Å². The van der Waals surface area contributed by atoms with Crippen molar-refractivity contribution in [3.05, 3.63) is 12.7 Å². The van der Waals surface area contributed by atoms with E-state index in [-0.39, 0.29) is 12.3 Å². The van der Waals surface area contributed by atoms with Gasteiger partial charge in [-0.2, -0.15) is 5.10 Å². The minimum absolute atomic E-state index is 0.0847. The van der Waals surface area contributed by atoms with Crippen molar-refractivity contribution in [1.29, 1.82) is 0 Å². The van der Waals surface area contributed by atoms with Gasteiger partial charge in [-0.15, -0.1) is 0 Å². The van der Waals surface area contributed by atoms with Gasteiger partial charge in [0.1, 0.15) is 12.7 Å². The highest BCUT2D eigenvalue weighted by Gasteiger charge is 2.32. The Balaban J connectivity index is 1.86. The maximum Gasteiger partial charge on any atom is 0.225 e. The van der Waals surface area contributed by atoms with Gasteiger partial charge < -0.3 is 10.0 Å². The summed E-state index contributed by atoms with van der Waals surface area (Å²) in [4.78, 5) is 18.4. The number of aromatic nitrogens is 3. The first-order chi connectivity index (χ1) is 10.6. The third-order valence-electron chi connectivity index (χ3n) is 4.54. The molecule has 2 heterocycles. The highest BCUT2D eigenvalue weighted by Crippen LogP contribution is 2.27. The van der Waals surface area contributed by atoms with Gasteiger partial charge in [0.15, 0.2) is 0 Å². The molecule has 6 heteroatoms. The second-order valence-electron chi connectivity index (χ2n) is 6.39. The van der Waals surface area contributed by atoms with Crippen molar-refractivity contribution in [2.75, 3.05) is 13.1 Å². The Bertz CT molecular complexity index is 447. The summed E-state index contributed by atoms with van der Waals surface area (Å²) in [6, 6.07) is 0.330. The molecule has 1 aromatic rings. The predicted molar refractivity (Wildman–Crippen MR) is 84.3 cm³/mol. The van der Waals surface area contributed by atoms with E-state index in [2.05, 4.69) is 23.9 Å². The van der Waals surface area contributed by atoms with Gasteiger partial charge in [-0.25, -0.2) is 9.67 Å². The fourth-order valence-electron chi connectivity index (χ4n) is 3.41. The zero-order valence-electron chi connectivity index (χ0n) is 13.7. The highest BCUT2D eigenvalue weighted by atomic mass is 16.3. The maximum atomic E-state index is 12.5. The number of hydrogen-bond donors (Lipinski definition) is 1. The van der Waals surface area contributed by atoms with Gasteiger partial charge in [-0.3, -0.25) is 4.79 Å². The summed E-state index contributed by atoms with van der Waals surface area (Å²) in [5.74, 6) is 0.0847. The van der Waals surface area contributed by atoms with Crippen molar-refractivity contribution in [3.63, 3.8) is 0 Å². The quantitative estimate of drug-likeness (QED) is 0.838. The largest absolute Gasteiger partial charge is 0.389 e. The van der Waals surface area contributed by atoms with Crippen LogP contribution in [0.3, 0.4) is 0 Å². The lowest BCUT2D eigenvalue weighted by atomic mass is 9.88. The molecule has 1 aromatic heterocycles. The molecule has 2 rings (SSSR count). The minimum Gasteiger partial charge on any atom is -0.389 e. The molecule has 1 saturated heterocycles. The Labute approximate surface area is 132 Å². The van der Waals surface area contributed by atoms with Crippen LogP contribution in [0.1, 0.15) is 64.8 Å². The standard InChI is InChI=1S/C16H28N4O2/c1-3-7-16(22,8-4-2)11-15(21)19-9-5-14(6-10-19)20-13-17-12-18-20/h12-14,22H,3-11H2,1-2H3. The van der Waals surface area contributed by atoms with Crippen LogP contribution >= 0.6 is 0 Å². The predicted octanol–water partition coefficient (Wildman–Crippen LogP) is 2.16. The topological polar surface area (TPSA) is 71.2 Å². The fourth-order valence-corrected chi connectivity index (χ4v) is 3.41. The zero-order valence-corrected chi connectivity index (χ0v) is 13.7. The van der Waals surface area contributed by atoms with Crippen LogP contribution in [0.2, 0.25) is 0 Å². The second kappa shape index (κ2) is 7.72. The molecule has 124 valence electrons. The number of aliphatic hydroxyl groups is 1. The van der Waals surface area contributed by atoms with E-state index in [1.54, 1.807) is 12.7 Å². The first-order valence-electron chi connectivity index (χ1n) is 8.42. The Hall–Kier alpha value is -1.43. The fraction of sp³-hybridized carbons (Fsp3) is 0.812. The average Bonchev–Trinajstić information content (AvgIpc) is 3.02. The van der Waals surface area contributed by atoms with Crippen LogP contribution in [0.5, 0.6) is 0 Å². The molecule has 0 saturated carbocycles. The summed E-state index contributed by atoms with van der Waals surface area (Å²) < 4.78 is 1.88. The monoisotopic (exact) mass is 308 g/mol. The van der Waals surface area contributed by atoms with Gasteiger partial charge in [-0.05, 0) is 25.7 Å². The van der Waals surface area contributed by atoms with Crippen molar-refractivity contribution in [3.8, 4) is 0 Å². The molecule has 1 fully saturated rings. The molecule has 22 heavy (non-hydrogen) atoms. The van der Waals surface area contributed by atoms with Crippen molar-refractivity contribution >= 4 is 5.91 Å². The maximum absolute atomic E-state index is 12.5. The number of amides is 1. The van der Waals surface area contributed by atoms with Crippen LogP contribution in [0.4, 0.5) is 0 Å². The zero-order chi connectivity index (χ0) is 16.0. The van der Waals surface area contributed by atoms with E-state index in [4.69, 9.17) is 0 Å². The van der Waals surface area contributed by atoms with E-state index in [0.717, 1.165) is 38.8 Å². The first-order valence-corrected chi connectivity index (χ1v) is 8.42. The van der Waals surface area contributed by atoms with E-state index < -0.39 is 5.60 Å². The molecule has 0 atom stereocenters. The Morgan fingerprint density at radius 2 is 1.91 bits per heavy atom. The van der Waals surface area contributed by atoms with Gasteiger partial charge in [0.2, 0.25) is 5.91 Å². The number of carbonyl (C=O) groups is 1.